The zero-order valence-corrected chi connectivity index (χ0v) is 33.4. The van der Waals surface area contributed by atoms with Gasteiger partial charge in [0.1, 0.15) is 5.75 Å². The van der Waals surface area contributed by atoms with Crippen LogP contribution >= 0.6 is 0 Å². The second kappa shape index (κ2) is 13.6. The highest BCUT2D eigenvalue weighted by Gasteiger charge is 2.72. The summed E-state index contributed by atoms with van der Waals surface area (Å²) >= 11 is 0. The first kappa shape index (κ1) is 40.5. The monoisotopic (exact) mass is 734 g/mol. The fourth-order valence-electron chi connectivity index (χ4n) is 9.61. The van der Waals surface area contributed by atoms with E-state index in [1.807, 2.05) is 6.07 Å². The van der Waals surface area contributed by atoms with Crippen molar-refractivity contribution in [3.8, 4) is 5.75 Å². The molecule has 0 radical (unpaired) electrons. The van der Waals surface area contributed by atoms with Crippen LogP contribution in [0.25, 0.3) is 0 Å². The summed E-state index contributed by atoms with van der Waals surface area (Å²) < 4.78 is 103. The minimum Gasteiger partial charge on any atom is -0.497 e. The number of allylic oxidation sites excluding steroid dienone is 1. The van der Waals surface area contributed by atoms with Gasteiger partial charge in [0.05, 0.1) is 13.2 Å². The Hall–Kier alpha value is -1.31. The summed E-state index contributed by atoms with van der Waals surface area (Å²) in [6.45, 7) is 22.3. The number of hydrogen-bond donors (Lipinski definition) is 0. The van der Waals surface area contributed by atoms with Gasteiger partial charge in [-0.2, -0.15) is 26.3 Å². The van der Waals surface area contributed by atoms with Crippen LogP contribution < -0.4 is 4.74 Å². The SMILES string of the molecule is C=C[C@@]12CCc3cc(OC)ccc3[C@H]1[C@@H](CCCCCC(O[Si](C)(C)C)(C(F)(F)F)C(F)(F)F)C[C@]1(C)[C@@H](O[Si](C)(C)C(C)(C)C)CC[C@H]12. The summed E-state index contributed by atoms with van der Waals surface area (Å²) in [5.41, 5.74) is -1.91. The number of unbranched alkanes of at least 4 members (excludes halogenated alkanes) is 2. The normalized spacial score (nSPS) is 29.6. The van der Waals surface area contributed by atoms with Crippen molar-refractivity contribution in [1.82, 2.24) is 0 Å². The van der Waals surface area contributed by atoms with Gasteiger partial charge in [0.15, 0.2) is 16.6 Å². The van der Waals surface area contributed by atoms with Crippen LogP contribution in [0.2, 0.25) is 37.8 Å². The van der Waals surface area contributed by atoms with Gasteiger partial charge in [-0.25, -0.2) is 0 Å². The highest BCUT2D eigenvalue weighted by atomic mass is 28.4. The van der Waals surface area contributed by atoms with Crippen molar-refractivity contribution in [2.45, 2.75) is 160 Å². The standard InChI is InChI=1S/C38H60F6O3Si2/c1-12-35-23-21-26-24-28(45-6)17-18-29(26)32(35)27(25-34(5)30(35)19-20-31(34)46-49(10,11)33(2,3)4)16-14-13-15-22-36(37(39,40)41,38(42,43)44)47-48(7,8)9/h12,17-18,24,27,30-32H,1,13-16,19-23,25H2,2-11H3/t27-,30+,31-,32+,34-,35-/m0/s1. The quantitative estimate of drug-likeness (QED) is 0.0926. The molecule has 11 heteroatoms. The van der Waals surface area contributed by atoms with Crippen LogP contribution in [0.3, 0.4) is 0 Å². The van der Waals surface area contributed by atoms with E-state index >= 15 is 0 Å². The third-order valence-corrected chi connectivity index (χ3v) is 18.2. The van der Waals surface area contributed by atoms with Gasteiger partial charge in [0.25, 0.3) is 0 Å². The summed E-state index contributed by atoms with van der Waals surface area (Å²) in [7, 11) is -3.64. The van der Waals surface area contributed by atoms with Crippen LogP contribution in [0.4, 0.5) is 26.3 Å². The van der Waals surface area contributed by atoms with E-state index in [4.69, 9.17) is 13.6 Å². The molecule has 0 N–H and O–H groups in total. The van der Waals surface area contributed by atoms with E-state index in [-0.39, 0.29) is 46.6 Å². The minimum atomic E-state index is -5.56. The molecule has 0 amide bonds. The van der Waals surface area contributed by atoms with Gasteiger partial charge in [-0.3, -0.25) is 0 Å². The van der Waals surface area contributed by atoms with Crippen molar-refractivity contribution >= 4 is 16.6 Å². The lowest BCUT2D eigenvalue weighted by atomic mass is 9.44. The van der Waals surface area contributed by atoms with Crippen molar-refractivity contribution in [3.63, 3.8) is 0 Å². The van der Waals surface area contributed by atoms with Crippen LogP contribution in [0, 0.1) is 22.7 Å². The molecule has 3 aliphatic rings. The molecule has 0 spiro atoms. The highest BCUT2D eigenvalue weighted by molar-refractivity contribution is 6.74. The Morgan fingerprint density at radius 3 is 2.10 bits per heavy atom. The summed E-state index contributed by atoms with van der Waals surface area (Å²) in [6.07, 6.45) is -3.91. The predicted molar refractivity (Wildman–Crippen MR) is 190 cm³/mol. The molecular weight excluding hydrogens is 675 g/mol. The van der Waals surface area contributed by atoms with Crippen LogP contribution in [0.5, 0.6) is 5.75 Å². The number of fused-ring (bicyclic) bond motifs is 5. The molecular formula is C38H60F6O3Si2. The second-order valence-electron chi connectivity index (χ2n) is 18.0. The molecule has 3 aliphatic carbocycles. The van der Waals surface area contributed by atoms with Crippen LogP contribution in [0.15, 0.2) is 30.9 Å². The van der Waals surface area contributed by atoms with E-state index < -0.39 is 41.0 Å². The van der Waals surface area contributed by atoms with Crippen molar-refractivity contribution in [2.24, 2.45) is 22.7 Å². The first-order valence-electron chi connectivity index (χ1n) is 18.1. The van der Waals surface area contributed by atoms with Crippen molar-refractivity contribution in [1.29, 1.82) is 0 Å². The maximum atomic E-state index is 14.2. The molecule has 0 aromatic heterocycles. The lowest BCUT2D eigenvalue weighted by molar-refractivity contribution is -0.362. The molecule has 0 heterocycles. The van der Waals surface area contributed by atoms with Crippen LogP contribution in [-0.2, 0) is 15.3 Å². The average molecular weight is 735 g/mol. The van der Waals surface area contributed by atoms with E-state index in [1.54, 1.807) is 7.11 Å². The van der Waals surface area contributed by atoms with Gasteiger partial charge >= 0.3 is 12.4 Å². The molecule has 0 saturated heterocycles. The molecule has 2 saturated carbocycles. The summed E-state index contributed by atoms with van der Waals surface area (Å²) in [4.78, 5) is 0. The smallest absolute Gasteiger partial charge is 0.425 e. The first-order chi connectivity index (χ1) is 22.3. The largest absolute Gasteiger partial charge is 0.497 e. The molecule has 2 fully saturated rings. The Morgan fingerprint density at radius 2 is 1.57 bits per heavy atom. The van der Waals surface area contributed by atoms with Gasteiger partial charge < -0.3 is 13.6 Å². The third kappa shape index (κ3) is 7.48. The first-order valence-corrected chi connectivity index (χ1v) is 24.4. The van der Waals surface area contributed by atoms with Gasteiger partial charge in [-0.1, -0.05) is 52.7 Å². The maximum Gasteiger partial charge on any atom is 0.425 e. The Labute approximate surface area is 293 Å². The van der Waals surface area contributed by atoms with E-state index in [1.165, 1.54) is 30.8 Å². The number of alkyl halides is 6. The summed E-state index contributed by atoms with van der Waals surface area (Å²) in [6, 6.07) is 6.31. The molecule has 0 aliphatic heterocycles. The van der Waals surface area contributed by atoms with E-state index in [0.717, 1.165) is 37.9 Å². The number of benzene rings is 1. The average Bonchev–Trinajstić information content (AvgIpc) is 3.28. The van der Waals surface area contributed by atoms with E-state index in [9.17, 15) is 26.3 Å². The lowest BCUT2D eigenvalue weighted by Crippen LogP contribution is -2.62. The van der Waals surface area contributed by atoms with Crippen molar-refractivity contribution < 1.29 is 39.9 Å². The molecule has 3 nitrogen and oxygen atoms in total. The second-order valence-corrected chi connectivity index (χ2v) is 27.1. The number of halogens is 6. The maximum absolute atomic E-state index is 14.2. The van der Waals surface area contributed by atoms with Gasteiger partial charge in [-0.15, -0.1) is 6.58 Å². The van der Waals surface area contributed by atoms with E-state index in [2.05, 4.69) is 65.6 Å². The number of aryl methyl sites for hydroxylation is 1. The summed E-state index contributed by atoms with van der Waals surface area (Å²) in [5.74, 6) is 1.50. The fourth-order valence-corrected chi connectivity index (χ4v) is 12.4. The predicted octanol–water partition coefficient (Wildman–Crippen LogP) is 12.4. The highest BCUT2D eigenvalue weighted by Crippen LogP contribution is 2.70. The molecule has 4 rings (SSSR count). The molecule has 280 valence electrons. The number of ether oxygens (including phenoxy) is 1. The van der Waals surface area contributed by atoms with Gasteiger partial charge in [0.2, 0.25) is 5.60 Å². The number of rotatable bonds is 12. The third-order valence-electron chi connectivity index (χ3n) is 12.8. The number of hydrogen-bond acceptors (Lipinski definition) is 3. The Bertz CT molecular complexity index is 1320. The Kier molecular flexibility index (Phi) is 11.2. The van der Waals surface area contributed by atoms with E-state index in [0.29, 0.717) is 18.8 Å². The molecule has 1 aromatic carbocycles. The van der Waals surface area contributed by atoms with Crippen molar-refractivity contribution in [2.75, 3.05) is 7.11 Å². The molecule has 1 aromatic rings. The number of methoxy groups -OCH3 is 1. The van der Waals surface area contributed by atoms with Gasteiger partial charge in [0, 0.05) is 0 Å². The Morgan fingerprint density at radius 1 is 0.939 bits per heavy atom. The molecule has 0 unspecified atom stereocenters. The zero-order valence-electron chi connectivity index (χ0n) is 31.4. The zero-order chi connectivity index (χ0) is 37.1. The minimum absolute atomic E-state index is 0.0538. The molecule has 49 heavy (non-hydrogen) atoms. The Balaban J connectivity index is 1.65. The summed E-state index contributed by atoms with van der Waals surface area (Å²) in [5, 5.41) is 0.0538. The van der Waals surface area contributed by atoms with Gasteiger partial charge in [-0.05, 0) is 141 Å². The fraction of sp³-hybridized carbons (Fsp3) is 0.789. The molecule has 6 atom stereocenters. The molecule has 0 bridgehead atoms. The lowest BCUT2D eigenvalue weighted by Gasteiger charge is -2.61. The van der Waals surface area contributed by atoms with Crippen molar-refractivity contribution in [3.05, 3.63) is 42.0 Å². The van der Waals surface area contributed by atoms with Crippen LogP contribution in [0.1, 0.15) is 103 Å². The van der Waals surface area contributed by atoms with Crippen LogP contribution in [-0.4, -0.2) is 47.8 Å². The topological polar surface area (TPSA) is 27.7 Å².